The average molecular weight is 482 g/mol. The third-order valence-electron chi connectivity index (χ3n) is 6.24. The molecule has 0 amide bonds. The molecule has 0 N–H and O–H groups in total. The summed E-state index contributed by atoms with van der Waals surface area (Å²) in [6, 6.07) is 5.67. The summed E-state index contributed by atoms with van der Waals surface area (Å²) in [6.07, 6.45) is 6.50. The van der Waals surface area contributed by atoms with Gasteiger partial charge >= 0.3 is 4.83 Å². The zero-order valence-electron chi connectivity index (χ0n) is 14.5. The van der Waals surface area contributed by atoms with E-state index in [2.05, 4.69) is 44.8 Å². The van der Waals surface area contributed by atoms with E-state index in [1.54, 1.807) is 6.07 Å². The van der Waals surface area contributed by atoms with Crippen molar-refractivity contribution < 1.29 is 13.2 Å². The van der Waals surface area contributed by atoms with Crippen molar-refractivity contribution in [2.24, 2.45) is 5.92 Å². The summed E-state index contributed by atoms with van der Waals surface area (Å²) in [4.78, 5) is -2.94. The van der Waals surface area contributed by atoms with Gasteiger partial charge in [-0.15, -0.1) is 0 Å². The minimum absolute atomic E-state index is 0.0287. The van der Waals surface area contributed by atoms with Crippen molar-refractivity contribution in [3.8, 4) is 0 Å². The lowest BCUT2D eigenvalue weighted by Gasteiger charge is -2.38. The molecule has 25 heavy (non-hydrogen) atoms. The molecule has 2 aliphatic carbocycles. The molecule has 2 aliphatic rings. The maximum absolute atomic E-state index is 14.7. The SMILES string of the molecule is CC1CCC(c2ccc(C3CCC(Br)(C(F)(F)Br)CC3)c(F)c2)CC1. The number of halogens is 5. The fraction of sp³-hybridized carbons (Fsp3) is 0.700. The molecule has 0 bridgehead atoms. The van der Waals surface area contributed by atoms with Crippen LogP contribution in [-0.4, -0.2) is 9.16 Å². The maximum Gasteiger partial charge on any atom is 0.316 e. The summed E-state index contributed by atoms with van der Waals surface area (Å²) in [6.45, 7) is 2.28. The zero-order valence-corrected chi connectivity index (χ0v) is 17.7. The third kappa shape index (κ3) is 4.28. The molecule has 0 nitrogen and oxygen atoms in total. The van der Waals surface area contributed by atoms with Gasteiger partial charge in [0.05, 0.1) is 4.32 Å². The largest absolute Gasteiger partial charge is 0.316 e. The van der Waals surface area contributed by atoms with E-state index in [4.69, 9.17) is 0 Å². The van der Waals surface area contributed by atoms with Crippen molar-refractivity contribution in [3.05, 3.63) is 35.1 Å². The summed E-state index contributed by atoms with van der Waals surface area (Å²) in [5.74, 6) is 1.11. The van der Waals surface area contributed by atoms with E-state index in [1.807, 2.05) is 6.07 Å². The van der Waals surface area contributed by atoms with E-state index in [0.717, 1.165) is 24.3 Å². The van der Waals surface area contributed by atoms with Crippen LogP contribution in [0.4, 0.5) is 13.2 Å². The van der Waals surface area contributed by atoms with E-state index in [9.17, 15) is 13.2 Å². The third-order valence-corrected chi connectivity index (χ3v) is 8.82. The van der Waals surface area contributed by atoms with Gasteiger partial charge in [-0.25, -0.2) is 4.39 Å². The van der Waals surface area contributed by atoms with Gasteiger partial charge in [-0.3, -0.25) is 0 Å². The first-order valence-electron chi connectivity index (χ1n) is 9.24. The van der Waals surface area contributed by atoms with E-state index < -0.39 is 9.16 Å². The number of rotatable bonds is 3. The van der Waals surface area contributed by atoms with Crippen LogP contribution in [0.2, 0.25) is 0 Å². The molecule has 1 aromatic rings. The standard InChI is InChI=1S/C20H25Br2F3/c1-13-2-4-14(5-3-13)16-6-7-17(18(23)12-16)15-8-10-19(21,11-9-15)20(22,24)25/h6-7,12-15H,2-5,8-11H2,1H3. The quantitative estimate of drug-likeness (QED) is 0.385. The average Bonchev–Trinajstić information content (AvgIpc) is 2.55. The van der Waals surface area contributed by atoms with Crippen molar-refractivity contribution in [2.45, 2.75) is 79.3 Å². The Morgan fingerprint density at radius 3 is 2.12 bits per heavy atom. The Bertz CT molecular complexity index is 595. The van der Waals surface area contributed by atoms with Gasteiger partial charge in [-0.05, 0) is 89.4 Å². The van der Waals surface area contributed by atoms with Crippen LogP contribution in [0.1, 0.15) is 81.3 Å². The molecule has 140 valence electrons. The highest BCUT2D eigenvalue weighted by molar-refractivity contribution is 9.12. The molecule has 5 heteroatoms. The molecule has 3 rings (SSSR count). The van der Waals surface area contributed by atoms with Gasteiger partial charge in [0, 0.05) is 0 Å². The second kappa shape index (κ2) is 7.53. The molecule has 0 saturated heterocycles. The minimum atomic E-state index is -2.94. The Morgan fingerprint density at radius 1 is 1.00 bits per heavy atom. The van der Waals surface area contributed by atoms with Crippen LogP contribution in [0.15, 0.2) is 18.2 Å². The summed E-state index contributed by atoms with van der Waals surface area (Å²) in [5.41, 5.74) is 1.80. The first-order valence-corrected chi connectivity index (χ1v) is 10.8. The van der Waals surface area contributed by atoms with Gasteiger partial charge in [0.2, 0.25) is 0 Å². The highest BCUT2D eigenvalue weighted by atomic mass is 79.9. The molecule has 0 spiro atoms. The second-order valence-electron chi connectivity index (χ2n) is 7.98. The predicted molar refractivity (Wildman–Crippen MR) is 104 cm³/mol. The lowest BCUT2D eigenvalue weighted by atomic mass is 9.76. The summed E-state index contributed by atoms with van der Waals surface area (Å²) < 4.78 is 40.9. The summed E-state index contributed by atoms with van der Waals surface area (Å²) >= 11 is 5.70. The van der Waals surface area contributed by atoms with Crippen LogP contribution < -0.4 is 0 Å². The van der Waals surface area contributed by atoms with Crippen LogP contribution in [0.25, 0.3) is 0 Å². The molecule has 2 fully saturated rings. The zero-order chi connectivity index (χ0) is 18.2. The number of hydrogen-bond donors (Lipinski definition) is 0. The van der Waals surface area contributed by atoms with Crippen molar-refractivity contribution in [3.63, 3.8) is 0 Å². The lowest BCUT2D eigenvalue weighted by Crippen LogP contribution is -2.41. The van der Waals surface area contributed by atoms with E-state index in [0.29, 0.717) is 37.2 Å². The summed E-state index contributed by atoms with van der Waals surface area (Å²) in [7, 11) is 0. The van der Waals surface area contributed by atoms with Gasteiger partial charge in [0.25, 0.3) is 0 Å². The van der Waals surface area contributed by atoms with Gasteiger partial charge in [0.1, 0.15) is 5.82 Å². The van der Waals surface area contributed by atoms with Gasteiger partial charge in [-0.1, -0.05) is 47.8 Å². The molecule has 0 atom stereocenters. The topological polar surface area (TPSA) is 0 Å². The minimum Gasteiger partial charge on any atom is -0.207 e. The van der Waals surface area contributed by atoms with Crippen LogP contribution in [0.5, 0.6) is 0 Å². The first-order chi connectivity index (χ1) is 11.7. The Kier molecular flexibility index (Phi) is 5.94. The molecule has 0 heterocycles. The highest BCUT2D eigenvalue weighted by Gasteiger charge is 2.51. The number of hydrogen-bond acceptors (Lipinski definition) is 0. The molecular formula is C20H25Br2F3. The van der Waals surface area contributed by atoms with E-state index >= 15 is 0 Å². The highest BCUT2D eigenvalue weighted by Crippen LogP contribution is 2.53. The van der Waals surface area contributed by atoms with Crippen molar-refractivity contribution in [1.29, 1.82) is 0 Å². The lowest BCUT2D eigenvalue weighted by molar-refractivity contribution is 0.0493. The van der Waals surface area contributed by atoms with Crippen molar-refractivity contribution in [1.82, 2.24) is 0 Å². The van der Waals surface area contributed by atoms with E-state index in [1.165, 1.54) is 12.8 Å². The van der Waals surface area contributed by atoms with Crippen LogP contribution in [0, 0.1) is 11.7 Å². The van der Waals surface area contributed by atoms with Gasteiger partial charge in [-0.2, -0.15) is 8.78 Å². The van der Waals surface area contributed by atoms with Crippen LogP contribution in [0.3, 0.4) is 0 Å². The molecule has 2 saturated carbocycles. The fourth-order valence-corrected chi connectivity index (χ4v) is 5.25. The molecule has 1 aromatic carbocycles. The Labute approximate surface area is 165 Å². The number of alkyl halides is 4. The Morgan fingerprint density at radius 2 is 1.60 bits per heavy atom. The molecular weight excluding hydrogens is 457 g/mol. The van der Waals surface area contributed by atoms with Gasteiger partial charge < -0.3 is 0 Å². The van der Waals surface area contributed by atoms with Gasteiger partial charge in [0.15, 0.2) is 0 Å². The molecule has 0 radical (unpaired) electrons. The van der Waals surface area contributed by atoms with E-state index in [-0.39, 0.29) is 11.7 Å². The Hall–Kier alpha value is -0.0300. The fourth-order valence-electron chi connectivity index (χ4n) is 4.39. The van der Waals surface area contributed by atoms with Crippen molar-refractivity contribution >= 4 is 31.9 Å². The molecule has 0 aromatic heterocycles. The van der Waals surface area contributed by atoms with Crippen molar-refractivity contribution in [2.75, 3.05) is 0 Å². The normalized spacial score (nSPS) is 34.1. The maximum atomic E-state index is 14.7. The summed E-state index contributed by atoms with van der Waals surface area (Å²) in [5, 5.41) is 0. The molecule has 0 aliphatic heterocycles. The monoisotopic (exact) mass is 480 g/mol. The van der Waals surface area contributed by atoms with Crippen LogP contribution >= 0.6 is 31.9 Å². The molecule has 0 unspecified atom stereocenters. The Balaban J connectivity index is 1.68. The predicted octanol–water partition coefficient (Wildman–Crippen LogP) is 7.90. The first kappa shape index (κ1) is 19.7. The van der Waals surface area contributed by atoms with Crippen LogP contribution in [-0.2, 0) is 0 Å². The number of benzene rings is 1. The second-order valence-corrected chi connectivity index (χ2v) is 10.5. The smallest absolute Gasteiger partial charge is 0.207 e.